The number of nitrogens with one attached hydrogen (secondary N) is 1. The molecular weight excluding hydrogens is 245 g/mol. The summed E-state index contributed by atoms with van der Waals surface area (Å²) in [5.41, 5.74) is 0. The second-order valence-corrected chi connectivity index (χ2v) is 3.73. The SMILES string of the molecule is S=c1[nH]c(Cl)c(Cl)c(Cl)c1S. The summed E-state index contributed by atoms with van der Waals surface area (Å²) in [6.07, 6.45) is 0. The van der Waals surface area contributed by atoms with E-state index in [4.69, 9.17) is 47.0 Å². The van der Waals surface area contributed by atoms with Gasteiger partial charge in [0.15, 0.2) is 0 Å². The molecule has 0 amide bonds. The summed E-state index contributed by atoms with van der Waals surface area (Å²) in [7, 11) is 0. The summed E-state index contributed by atoms with van der Waals surface area (Å²) >= 11 is 25.8. The molecule has 1 aromatic heterocycles. The van der Waals surface area contributed by atoms with E-state index in [1.807, 2.05) is 0 Å². The van der Waals surface area contributed by atoms with E-state index in [2.05, 4.69) is 17.6 Å². The molecule has 0 aliphatic heterocycles. The van der Waals surface area contributed by atoms with Crippen LogP contribution in [0.5, 0.6) is 0 Å². The molecular formula is C5H2Cl3NS2. The molecule has 1 N–H and O–H groups in total. The van der Waals surface area contributed by atoms with Crippen molar-refractivity contribution in [3.63, 3.8) is 0 Å². The average Bonchev–Trinajstić information content (AvgIpc) is 1.97. The standard InChI is InChI=1S/C5H2Cl3NS2/c6-1-2(7)4(8)9-5(11)3(1)10/h10H,(H,9,11). The van der Waals surface area contributed by atoms with Gasteiger partial charge in [-0.3, -0.25) is 0 Å². The molecule has 1 nitrogen and oxygen atoms in total. The molecule has 60 valence electrons. The number of hydrogen-bond acceptors (Lipinski definition) is 2. The van der Waals surface area contributed by atoms with Crippen molar-refractivity contribution in [2.75, 3.05) is 0 Å². The van der Waals surface area contributed by atoms with Gasteiger partial charge in [-0.15, -0.1) is 12.6 Å². The van der Waals surface area contributed by atoms with Crippen LogP contribution in [0.3, 0.4) is 0 Å². The van der Waals surface area contributed by atoms with E-state index >= 15 is 0 Å². The van der Waals surface area contributed by atoms with Crippen LogP contribution >= 0.6 is 59.6 Å². The Kier molecular flexibility index (Phi) is 3.11. The third-order valence-electron chi connectivity index (χ3n) is 1.03. The van der Waals surface area contributed by atoms with Crippen molar-refractivity contribution >= 4 is 59.6 Å². The Bertz CT molecular complexity index is 346. The number of hydrogen-bond donors (Lipinski definition) is 2. The molecule has 0 saturated carbocycles. The van der Waals surface area contributed by atoms with Crippen LogP contribution in [0.2, 0.25) is 15.2 Å². The van der Waals surface area contributed by atoms with Gasteiger partial charge < -0.3 is 4.98 Å². The Labute approximate surface area is 89.1 Å². The molecule has 1 aromatic rings. The molecule has 6 heteroatoms. The Morgan fingerprint density at radius 2 is 1.73 bits per heavy atom. The van der Waals surface area contributed by atoms with Crippen LogP contribution in [0.25, 0.3) is 0 Å². The minimum Gasteiger partial charge on any atom is -0.335 e. The van der Waals surface area contributed by atoms with Crippen LogP contribution in [0.4, 0.5) is 0 Å². The molecule has 0 fully saturated rings. The van der Waals surface area contributed by atoms with E-state index in [0.29, 0.717) is 9.54 Å². The first-order valence-corrected chi connectivity index (χ1v) is 4.48. The number of aromatic nitrogens is 1. The third kappa shape index (κ3) is 1.84. The van der Waals surface area contributed by atoms with Crippen LogP contribution in [0, 0.1) is 4.64 Å². The van der Waals surface area contributed by atoms with Gasteiger partial charge in [-0.2, -0.15) is 0 Å². The third-order valence-corrected chi connectivity index (χ3v) is 3.30. The van der Waals surface area contributed by atoms with E-state index < -0.39 is 0 Å². The van der Waals surface area contributed by atoms with Gasteiger partial charge in [0.2, 0.25) is 0 Å². The van der Waals surface area contributed by atoms with Crippen molar-refractivity contribution in [2.45, 2.75) is 4.90 Å². The second-order valence-electron chi connectivity index (χ2n) is 1.74. The molecule has 0 radical (unpaired) electrons. The van der Waals surface area contributed by atoms with Crippen molar-refractivity contribution in [3.8, 4) is 0 Å². The zero-order valence-corrected chi connectivity index (χ0v) is 8.97. The number of halogens is 3. The lowest BCUT2D eigenvalue weighted by molar-refractivity contribution is 1.21. The van der Waals surface area contributed by atoms with Crippen LogP contribution < -0.4 is 0 Å². The van der Waals surface area contributed by atoms with Crippen LogP contribution in [-0.2, 0) is 0 Å². The summed E-state index contributed by atoms with van der Waals surface area (Å²) < 4.78 is 0.382. The van der Waals surface area contributed by atoms with Gasteiger partial charge in [-0.25, -0.2) is 0 Å². The van der Waals surface area contributed by atoms with E-state index in [1.165, 1.54) is 0 Å². The van der Waals surface area contributed by atoms with Crippen LogP contribution in [0.15, 0.2) is 4.90 Å². The molecule has 0 aliphatic rings. The predicted molar refractivity (Wildman–Crippen MR) is 53.9 cm³/mol. The number of pyridine rings is 1. The molecule has 1 rings (SSSR count). The Balaban J connectivity index is 3.59. The van der Waals surface area contributed by atoms with Crippen molar-refractivity contribution in [2.24, 2.45) is 0 Å². The first-order chi connectivity index (χ1) is 5.04. The summed E-state index contributed by atoms with van der Waals surface area (Å²) in [5.74, 6) is 0. The van der Waals surface area contributed by atoms with E-state index in [1.54, 1.807) is 0 Å². The molecule has 0 aromatic carbocycles. The van der Waals surface area contributed by atoms with Crippen LogP contribution in [0.1, 0.15) is 0 Å². The minimum absolute atomic E-state index is 0.236. The maximum absolute atomic E-state index is 5.71. The molecule has 0 unspecified atom stereocenters. The maximum atomic E-state index is 5.71. The fraction of sp³-hybridized carbons (Fsp3) is 0. The smallest absolute Gasteiger partial charge is 0.127 e. The van der Waals surface area contributed by atoms with Crippen molar-refractivity contribution in [1.29, 1.82) is 0 Å². The highest BCUT2D eigenvalue weighted by Gasteiger charge is 2.07. The monoisotopic (exact) mass is 245 g/mol. The zero-order chi connectivity index (χ0) is 8.59. The van der Waals surface area contributed by atoms with Gasteiger partial charge in [0, 0.05) is 0 Å². The Morgan fingerprint density at radius 1 is 1.18 bits per heavy atom. The molecule has 0 aliphatic carbocycles. The normalized spacial score (nSPS) is 10.2. The molecule has 0 spiro atoms. The predicted octanol–water partition coefficient (Wildman–Crippen LogP) is 3.99. The van der Waals surface area contributed by atoms with Gasteiger partial charge in [0.25, 0.3) is 0 Å². The fourth-order valence-corrected chi connectivity index (χ4v) is 1.63. The van der Waals surface area contributed by atoms with Gasteiger partial charge in [-0.1, -0.05) is 47.0 Å². The zero-order valence-electron chi connectivity index (χ0n) is 4.99. The maximum Gasteiger partial charge on any atom is 0.127 e. The summed E-state index contributed by atoms with van der Waals surface area (Å²) in [5, 5.41) is 0.759. The van der Waals surface area contributed by atoms with E-state index in [9.17, 15) is 0 Å². The van der Waals surface area contributed by atoms with Crippen LogP contribution in [-0.4, -0.2) is 4.98 Å². The Morgan fingerprint density at radius 3 is 2.27 bits per heavy atom. The minimum atomic E-state index is 0.236. The highest BCUT2D eigenvalue weighted by atomic mass is 35.5. The van der Waals surface area contributed by atoms with Gasteiger partial charge in [0.1, 0.15) is 9.79 Å². The van der Waals surface area contributed by atoms with Gasteiger partial charge >= 0.3 is 0 Å². The number of thiol groups is 1. The Hall–Kier alpha value is 0.590. The highest BCUT2D eigenvalue weighted by Crippen LogP contribution is 2.33. The molecule has 0 bridgehead atoms. The quantitative estimate of drug-likeness (QED) is 0.402. The lowest BCUT2D eigenvalue weighted by Gasteiger charge is -2.01. The topological polar surface area (TPSA) is 15.8 Å². The highest BCUT2D eigenvalue weighted by molar-refractivity contribution is 7.81. The molecule has 1 heterocycles. The molecule has 0 atom stereocenters. The largest absolute Gasteiger partial charge is 0.335 e. The first kappa shape index (κ1) is 9.68. The van der Waals surface area contributed by atoms with Crippen molar-refractivity contribution in [1.82, 2.24) is 4.98 Å². The lowest BCUT2D eigenvalue weighted by Crippen LogP contribution is -1.82. The lowest BCUT2D eigenvalue weighted by atomic mass is 10.5. The van der Waals surface area contributed by atoms with Crippen molar-refractivity contribution < 1.29 is 0 Å². The number of H-pyrrole nitrogens is 1. The van der Waals surface area contributed by atoms with Crippen molar-refractivity contribution in [3.05, 3.63) is 19.8 Å². The summed E-state index contributed by atoms with van der Waals surface area (Å²) in [6.45, 7) is 0. The fourth-order valence-electron chi connectivity index (χ4n) is 0.514. The van der Waals surface area contributed by atoms with Gasteiger partial charge in [0.05, 0.1) is 14.9 Å². The van der Waals surface area contributed by atoms with E-state index in [-0.39, 0.29) is 15.2 Å². The summed E-state index contributed by atoms with van der Waals surface area (Å²) in [6, 6.07) is 0. The summed E-state index contributed by atoms with van der Waals surface area (Å²) in [4.78, 5) is 3.08. The van der Waals surface area contributed by atoms with E-state index in [0.717, 1.165) is 0 Å². The van der Waals surface area contributed by atoms with Gasteiger partial charge in [-0.05, 0) is 0 Å². The molecule has 11 heavy (non-hydrogen) atoms. The molecule has 0 saturated heterocycles. The average molecular weight is 247 g/mol. The first-order valence-electron chi connectivity index (χ1n) is 2.49. The number of aromatic amines is 1. The number of rotatable bonds is 0. The second kappa shape index (κ2) is 3.54.